The molecule has 0 spiro atoms. The van der Waals surface area contributed by atoms with Gasteiger partial charge in [0.25, 0.3) is 0 Å². The normalized spacial score (nSPS) is 21.4. The molecule has 2 aliphatic rings. The lowest BCUT2D eigenvalue weighted by Gasteiger charge is -2.30. The summed E-state index contributed by atoms with van der Waals surface area (Å²) in [6, 6.07) is 12.5. The van der Waals surface area contributed by atoms with Crippen LogP contribution in [0, 0.1) is 18.3 Å². The van der Waals surface area contributed by atoms with Gasteiger partial charge < -0.3 is 10.0 Å². The summed E-state index contributed by atoms with van der Waals surface area (Å²) in [5.41, 5.74) is 1.40. The number of carbonyl (C=O) groups excluding carboxylic acids is 1. The monoisotopic (exact) mass is 351 g/mol. The fourth-order valence-electron chi connectivity index (χ4n) is 3.36. The third-order valence-corrected chi connectivity index (χ3v) is 5.02. The number of aliphatic hydroxyl groups is 1. The summed E-state index contributed by atoms with van der Waals surface area (Å²) in [4.78, 5) is 19.2. The van der Waals surface area contributed by atoms with E-state index in [1.165, 1.54) is 0 Å². The molecule has 0 amide bonds. The lowest BCUT2D eigenvalue weighted by atomic mass is 9.87. The molecule has 1 atom stereocenters. The molecule has 4 rings (SSSR count). The molecule has 0 radical (unpaired) electrons. The number of nitrogens with zero attached hydrogens (tertiary/aromatic N) is 3. The Labute approximate surface area is 149 Å². The number of rotatable bonds is 1. The molecule has 0 saturated carbocycles. The average molecular weight is 352 g/mol. The van der Waals surface area contributed by atoms with Gasteiger partial charge in [0.2, 0.25) is 5.78 Å². The van der Waals surface area contributed by atoms with Gasteiger partial charge in [0.15, 0.2) is 5.60 Å². The van der Waals surface area contributed by atoms with E-state index < -0.39 is 5.60 Å². The molecule has 2 aliphatic heterocycles. The fourth-order valence-corrected chi connectivity index (χ4v) is 3.58. The Kier molecular flexibility index (Phi) is 3.43. The summed E-state index contributed by atoms with van der Waals surface area (Å²) in [6.45, 7) is 2.34. The number of nitriles is 1. The van der Waals surface area contributed by atoms with E-state index in [2.05, 4.69) is 4.99 Å². The van der Waals surface area contributed by atoms with Crippen molar-refractivity contribution in [2.24, 2.45) is 4.99 Å². The number of Topliss-reactive ketones (excluding diaryl/α,β-unsaturated/α-hetero) is 1. The number of amidine groups is 1. The van der Waals surface area contributed by atoms with Crippen molar-refractivity contribution in [3.05, 3.63) is 58.1 Å². The van der Waals surface area contributed by atoms with Gasteiger partial charge in [-0.1, -0.05) is 23.2 Å². The Morgan fingerprint density at radius 3 is 2.84 bits per heavy atom. The van der Waals surface area contributed by atoms with Crippen molar-refractivity contribution in [2.45, 2.75) is 18.9 Å². The van der Waals surface area contributed by atoms with Crippen molar-refractivity contribution in [3.63, 3.8) is 0 Å². The molecule has 1 fully saturated rings. The molecule has 1 saturated heterocycles. The maximum Gasteiger partial charge on any atom is 0.204 e. The third kappa shape index (κ3) is 2.26. The summed E-state index contributed by atoms with van der Waals surface area (Å²) >= 11 is 6.13. The number of hydrogen-bond donors (Lipinski definition) is 1. The molecule has 6 heteroatoms. The van der Waals surface area contributed by atoms with Crippen LogP contribution in [0.5, 0.6) is 0 Å². The van der Waals surface area contributed by atoms with Gasteiger partial charge in [0, 0.05) is 24.2 Å². The van der Waals surface area contributed by atoms with Crippen molar-refractivity contribution in [2.75, 3.05) is 11.4 Å². The number of hydrogen-bond acceptors (Lipinski definition) is 5. The summed E-state index contributed by atoms with van der Waals surface area (Å²) in [5, 5.41) is 20.4. The first-order valence-electron chi connectivity index (χ1n) is 7.88. The van der Waals surface area contributed by atoms with E-state index in [-0.39, 0.29) is 12.2 Å². The number of halogens is 1. The highest BCUT2D eigenvalue weighted by Gasteiger charge is 2.52. The van der Waals surface area contributed by atoms with Gasteiger partial charge in [-0.3, -0.25) is 4.79 Å². The second-order valence-corrected chi connectivity index (χ2v) is 6.73. The molecule has 0 unspecified atom stereocenters. The van der Waals surface area contributed by atoms with Crippen LogP contribution in [0.2, 0.25) is 5.02 Å². The van der Waals surface area contributed by atoms with Gasteiger partial charge in [-0.25, -0.2) is 4.99 Å². The van der Waals surface area contributed by atoms with Crippen molar-refractivity contribution >= 4 is 34.6 Å². The van der Waals surface area contributed by atoms with Crippen LogP contribution in [0.3, 0.4) is 0 Å². The molecule has 5 nitrogen and oxygen atoms in total. The fraction of sp³-hybridized carbons (Fsp3) is 0.211. The Hall–Kier alpha value is -2.68. The number of carbonyl (C=O) groups is 1. The smallest absolute Gasteiger partial charge is 0.204 e. The Morgan fingerprint density at radius 1 is 1.32 bits per heavy atom. The molecule has 2 aromatic rings. The second-order valence-electron chi connectivity index (χ2n) is 6.32. The Morgan fingerprint density at radius 2 is 2.12 bits per heavy atom. The van der Waals surface area contributed by atoms with Crippen LogP contribution in [-0.4, -0.2) is 28.9 Å². The summed E-state index contributed by atoms with van der Waals surface area (Å²) in [5.74, 6) is -0.00642. The summed E-state index contributed by atoms with van der Waals surface area (Å²) in [6.07, 6.45) is 0.260. The van der Waals surface area contributed by atoms with Crippen molar-refractivity contribution in [1.82, 2.24) is 0 Å². The zero-order chi connectivity index (χ0) is 17.8. The standard InChI is InChI=1S/C19H14ClN3O2/c1-11-2-5-16-14(8-11)17(24)19(25)6-7-23(18(19)22-16)13-4-3-12(10-21)15(20)9-13/h2-5,8-9,25H,6-7H2,1H3/t19-/m1/s1. The Balaban J connectivity index is 1.84. The predicted octanol–water partition coefficient (Wildman–Crippen LogP) is 3.39. The minimum Gasteiger partial charge on any atom is -0.374 e. The minimum absolute atomic E-state index is 0.260. The summed E-state index contributed by atoms with van der Waals surface area (Å²) < 4.78 is 0. The number of aryl methyl sites for hydroxylation is 1. The quantitative estimate of drug-likeness (QED) is 0.854. The lowest BCUT2D eigenvalue weighted by molar-refractivity contribution is 0.0602. The zero-order valence-corrected chi connectivity index (χ0v) is 14.2. The average Bonchev–Trinajstić information content (AvgIpc) is 2.94. The van der Waals surface area contributed by atoms with Gasteiger partial charge in [0.1, 0.15) is 11.9 Å². The molecule has 124 valence electrons. The predicted molar refractivity (Wildman–Crippen MR) is 95.7 cm³/mol. The summed E-state index contributed by atoms with van der Waals surface area (Å²) in [7, 11) is 0. The van der Waals surface area contributed by atoms with E-state index in [1.807, 2.05) is 19.1 Å². The van der Waals surface area contributed by atoms with Gasteiger partial charge in [-0.2, -0.15) is 5.26 Å². The van der Waals surface area contributed by atoms with E-state index in [1.54, 1.807) is 35.2 Å². The van der Waals surface area contributed by atoms with Crippen LogP contribution >= 0.6 is 11.6 Å². The molecule has 1 N–H and O–H groups in total. The van der Waals surface area contributed by atoms with E-state index in [9.17, 15) is 9.90 Å². The number of anilines is 1. The van der Waals surface area contributed by atoms with Crippen LogP contribution < -0.4 is 4.90 Å². The van der Waals surface area contributed by atoms with E-state index in [0.717, 1.165) is 5.56 Å². The number of benzene rings is 2. The molecular formula is C19H14ClN3O2. The molecule has 0 bridgehead atoms. The van der Waals surface area contributed by atoms with Crippen molar-refractivity contribution in [3.8, 4) is 6.07 Å². The number of ketones is 1. The highest BCUT2D eigenvalue weighted by atomic mass is 35.5. The largest absolute Gasteiger partial charge is 0.374 e. The van der Waals surface area contributed by atoms with E-state index in [4.69, 9.17) is 16.9 Å². The molecular weight excluding hydrogens is 338 g/mol. The minimum atomic E-state index is -1.62. The van der Waals surface area contributed by atoms with Crippen molar-refractivity contribution < 1.29 is 9.90 Å². The molecule has 2 heterocycles. The van der Waals surface area contributed by atoms with Crippen LogP contribution in [0.25, 0.3) is 0 Å². The number of aliphatic imine (C=N–C) groups is 1. The second kappa shape index (κ2) is 5.41. The topological polar surface area (TPSA) is 76.7 Å². The number of fused-ring (bicyclic) bond motifs is 2. The van der Waals surface area contributed by atoms with Crippen molar-refractivity contribution in [1.29, 1.82) is 5.26 Å². The SMILES string of the molecule is Cc1ccc2c(c1)C(=O)[C@]1(O)CCN(c3ccc(C#N)c(Cl)c3)C1=N2. The Bertz CT molecular complexity index is 993. The van der Waals surface area contributed by atoms with Gasteiger partial charge in [-0.15, -0.1) is 0 Å². The highest BCUT2D eigenvalue weighted by Crippen LogP contribution is 2.40. The first-order valence-corrected chi connectivity index (χ1v) is 8.26. The van der Waals surface area contributed by atoms with Crippen LogP contribution in [0.1, 0.15) is 27.9 Å². The van der Waals surface area contributed by atoms with E-state index in [0.29, 0.717) is 39.9 Å². The van der Waals surface area contributed by atoms with Crippen LogP contribution in [-0.2, 0) is 0 Å². The van der Waals surface area contributed by atoms with Crippen LogP contribution in [0.4, 0.5) is 11.4 Å². The van der Waals surface area contributed by atoms with E-state index >= 15 is 0 Å². The van der Waals surface area contributed by atoms with Gasteiger partial charge >= 0.3 is 0 Å². The molecule has 0 aromatic heterocycles. The van der Waals surface area contributed by atoms with Crippen LogP contribution in [0.15, 0.2) is 41.4 Å². The van der Waals surface area contributed by atoms with Gasteiger partial charge in [-0.05, 0) is 37.3 Å². The maximum absolute atomic E-state index is 12.9. The molecule has 0 aliphatic carbocycles. The molecule has 2 aromatic carbocycles. The first-order chi connectivity index (χ1) is 11.9. The first kappa shape index (κ1) is 15.8. The maximum atomic E-state index is 12.9. The molecule has 25 heavy (non-hydrogen) atoms. The highest BCUT2D eigenvalue weighted by molar-refractivity contribution is 6.32. The van der Waals surface area contributed by atoms with Gasteiger partial charge in [0.05, 0.1) is 16.3 Å². The third-order valence-electron chi connectivity index (χ3n) is 4.71. The lowest BCUT2D eigenvalue weighted by Crippen LogP contribution is -2.48. The zero-order valence-electron chi connectivity index (χ0n) is 13.5.